The van der Waals surface area contributed by atoms with Gasteiger partial charge in [-0.15, -0.1) is 0 Å². The molecule has 1 aliphatic heterocycles. The number of pyridine rings is 1. The molecule has 6 nitrogen and oxygen atoms in total. The van der Waals surface area contributed by atoms with E-state index in [1.165, 1.54) is 4.31 Å². The van der Waals surface area contributed by atoms with E-state index in [0.29, 0.717) is 30.1 Å². The van der Waals surface area contributed by atoms with Crippen LogP contribution >= 0.6 is 11.6 Å². The largest absolute Gasteiger partial charge is 0.261 e. The minimum atomic E-state index is -3.60. The summed E-state index contributed by atoms with van der Waals surface area (Å²) in [5.74, 6) is 0. The number of hydrogen-bond acceptors (Lipinski definition) is 4. The number of rotatable bonds is 2. The second kappa shape index (κ2) is 5.54. The first-order valence-electron chi connectivity index (χ1n) is 7.53. The molecule has 0 amide bonds. The fourth-order valence-electron chi connectivity index (χ4n) is 3.14. The van der Waals surface area contributed by atoms with Crippen LogP contribution < -0.4 is 0 Å². The molecule has 0 fully saturated rings. The van der Waals surface area contributed by atoms with Crippen LogP contribution in [0.2, 0.25) is 5.02 Å². The van der Waals surface area contributed by atoms with Gasteiger partial charge in [-0.3, -0.25) is 5.10 Å². The Hall–Kier alpha value is -1.96. The highest BCUT2D eigenvalue weighted by molar-refractivity contribution is 7.89. The minimum Gasteiger partial charge on any atom is -0.261 e. The number of halogens is 1. The maximum absolute atomic E-state index is 13.0. The van der Waals surface area contributed by atoms with Gasteiger partial charge in [0.2, 0.25) is 10.0 Å². The summed E-state index contributed by atoms with van der Waals surface area (Å²) in [6.45, 7) is 2.45. The highest BCUT2D eigenvalue weighted by Gasteiger charge is 2.30. The van der Waals surface area contributed by atoms with Gasteiger partial charge < -0.3 is 0 Å². The van der Waals surface area contributed by atoms with Gasteiger partial charge in [-0.25, -0.2) is 13.4 Å². The highest BCUT2D eigenvalue weighted by atomic mass is 35.5. The molecule has 2 aromatic heterocycles. The van der Waals surface area contributed by atoms with Crippen LogP contribution in [-0.2, 0) is 23.0 Å². The third kappa shape index (κ3) is 2.31. The summed E-state index contributed by atoms with van der Waals surface area (Å²) in [6, 6.07) is 4.96. The van der Waals surface area contributed by atoms with Crippen LogP contribution in [0.15, 0.2) is 35.5 Å². The quantitative estimate of drug-likeness (QED) is 0.760. The zero-order chi connectivity index (χ0) is 16.9. The summed E-state index contributed by atoms with van der Waals surface area (Å²) >= 11 is 6.09. The fraction of sp³-hybridized carbons (Fsp3) is 0.250. The van der Waals surface area contributed by atoms with Crippen molar-refractivity contribution in [3.63, 3.8) is 0 Å². The molecule has 8 heteroatoms. The molecule has 0 aliphatic carbocycles. The SMILES string of the molecule is Cc1c(Cl)cccc1S(=O)(=O)N1CCc2c(cnc3[nH]ncc23)C1. The third-order valence-corrected chi connectivity index (χ3v) is 6.87. The lowest BCUT2D eigenvalue weighted by molar-refractivity contribution is 0.391. The fourth-order valence-corrected chi connectivity index (χ4v) is 5.04. The van der Waals surface area contributed by atoms with Crippen LogP contribution in [-0.4, -0.2) is 34.4 Å². The molecule has 3 aromatic rings. The van der Waals surface area contributed by atoms with Gasteiger partial charge in [0.15, 0.2) is 5.65 Å². The van der Waals surface area contributed by atoms with Crippen molar-refractivity contribution in [3.8, 4) is 0 Å². The lowest BCUT2D eigenvalue weighted by Crippen LogP contribution is -2.36. The Morgan fingerprint density at radius 2 is 2.12 bits per heavy atom. The summed E-state index contributed by atoms with van der Waals surface area (Å²) in [7, 11) is -3.60. The summed E-state index contributed by atoms with van der Waals surface area (Å²) in [4.78, 5) is 4.57. The molecular formula is C16H15ClN4O2S. The topological polar surface area (TPSA) is 79.0 Å². The molecule has 0 bridgehead atoms. The highest BCUT2D eigenvalue weighted by Crippen LogP contribution is 2.31. The van der Waals surface area contributed by atoms with Gasteiger partial charge in [0.25, 0.3) is 0 Å². The van der Waals surface area contributed by atoms with Crippen LogP contribution in [0.3, 0.4) is 0 Å². The van der Waals surface area contributed by atoms with Crippen molar-refractivity contribution in [1.82, 2.24) is 19.5 Å². The monoisotopic (exact) mass is 362 g/mol. The Balaban J connectivity index is 1.75. The van der Waals surface area contributed by atoms with Crippen molar-refractivity contribution in [1.29, 1.82) is 0 Å². The van der Waals surface area contributed by atoms with Gasteiger partial charge in [0.05, 0.1) is 11.1 Å². The number of H-pyrrole nitrogens is 1. The van der Waals surface area contributed by atoms with E-state index in [-0.39, 0.29) is 4.90 Å². The van der Waals surface area contributed by atoms with Crippen molar-refractivity contribution < 1.29 is 8.42 Å². The molecule has 0 saturated carbocycles. The average Bonchev–Trinajstić information content (AvgIpc) is 3.05. The van der Waals surface area contributed by atoms with Gasteiger partial charge >= 0.3 is 0 Å². The molecule has 4 rings (SSSR count). The summed E-state index contributed by atoms with van der Waals surface area (Å²) in [5.41, 5.74) is 3.34. The standard InChI is InChI=1S/C16H15ClN4O2S/c1-10-14(17)3-2-4-15(10)24(22,23)21-6-5-12-11(9-21)7-18-16-13(12)8-19-20-16/h2-4,7-8H,5-6,9H2,1H3,(H,18,19,20). The predicted octanol–water partition coefficient (Wildman–Crippen LogP) is 2.67. The minimum absolute atomic E-state index is 0.260. The molecule has 24 heavy (non-hydrogen) atoms. The lowest BCUT2D eigenvalue weighted by atomic mass is 10.0. The average molecular weight is 363 g/mol. The van der Waals surface area contributed by atoms with E-state index in [9.17, 15) is 8.42 Å². The van der Waals surface area contributed by atoms with Crippen LogP contribution in [0.5, 0.6) is 0 Å². The first kappa shape index (κ1) is 15.6. The maximum Gasteiger partial charge on any atom is 0.243 e. The Labute approximate surface area is 144 Å². The van der Waals surface area contributed by atoms with Gasteiger partial charge in [0.1, 0.15) is 0 Å². The number of aromatic amines is 1. The second-order valence-electron chi connectivity index (χ2n) is 5.85. The van der Waals surface area contributed by atoms with Crippen molar-refractivity contribution >= 4 is 32.7 Å². The van der Waals surface area contributed by atoms with E-state index in [2.05, 4.69) is 15.2 Å². The van der Waals surface area contributed by atoms with E-state index in [1.54, 1.807) is 37.5 Å². The number of benzene rings is 1. The summed E-state index contributed by atoms with van der Waals surface area (Å²) in [5, 5.41) is 8.27. The molecule has 0 spiro atoms. The number of hydrogen-bond donors (Lipinski definition) is 1. The number of nitrogens with zero attached hydrogens (tertiary/aromatic N) is 3. The Kier molecular flexibility index (Phi) is 3.59. The molecule has 0 atom stereocenters. The summed E-state index contributed by atoms with van der Waals surface area (Å²) in [6.07, 6.45) is 4.10. The molecule has 3 heterocycles. The van der Waals surface area contributed by atoms with E-state index in [1.807, 2.05) is 0 Å². The van der Waals surface area contributed by atoms with E-state index in [4.69, 9.17) is 11.6 Å². The number of sulfonamides is 1. The van der Waals surface area contributed by atoms with Gasteiger partial charge in [-0.05, 0) is 42.2 Å². The van der Waals surface area contributed by atoms with Crippen molar-refractivity contribution in [2.75, 3.05) is 6.54 Å². The molecule has 1 aliphatic rings. The number of nitrogens with one attached hydrogen (secondary N) is 1. The van der Waals surface area contributed by atoms with Crippen LogP contribution in [0.4, 0.5) is 0 Å². The van der Waals surface area contributed by atoms with E-state index < -0.39 is 10.0 Å². The van der Waals surface area contributed by atoms with Gasteiger partial charge in [0, 0.05) is 29.7 Å². The summed E-state index contributed by atoms with van der Waals surface area (Å²) < 4.78 is 27.5. The van der Waals surface area contributed by atoms with Crippen molar-refractivity contribution in [3.05, 3.63) is 52.3 Å². The van der Waals surface area contributed by atoms with Crippen LogP contribution in [0.1, 0.15) is 16.7 Å². The molecule has 1 aromatic carbocycles. The Morgan fingerprint density at radius 3 is 2.96 bits per heavy atom. The molecule has 0 radical (unpaired) electrons. The maximum atomic E-state index is 13.0. The molecule has 0 unspecified atom stereocenters. The van der Waals surface area contributed by atoms with Crippen molar-refractivity contribution in [2.24, 2.45) is 0 Å². The zero-order valence-corrected chi connectivity index (χ0v) is 14.5. The Bertz CT molecular complexity index is 1050. The molecule has 0 saturated heterocycles. The van der Waals surface area contributed by atoms with Gasteiger partial charge in [-0.1, -0.05) is 17.7 Å². The van der Waals surface area contributed by atoms with Crippen LogP contribution in [0.25, 0.3) is 11.0 Å². The third-order valence-electron chi connectivity index (χ3n) is 4.48. The van der Waals surface area contributed by atoms with Gasteiger partial charge in [-0.2, -0.15) is 9.40 Å². The van der Waals surface area contributed by atoms with Crippen molar-refractivity contribution in [2.45, 2.75) is 24.8 Å². The number of fused-ring (bicyclic) bond motifs is 3. The first-order valence-corrected chi connectivity index (χ1v) is 9.35. The molecular weight excluding hydrogens is 348 g/mol. The van der Waals surface area contributed by atoms with Crippen LogP contribution in [0, 0.1) is 6.92 Å². The second-order valence-corrected chi connectivity index (χ2v) is 8.16. The zero-order valence-electron chi connectivity index (χ0n) is 13.0. The van der Waals surface area contributed by atoms with E-state index >= 15 is 0 Å². The number of aromatic nitrogens is 3. The predicted molar refractivity (Wildman–Crippen MR) is 91.4 cm³/mol. The molecule has 1 N–H and O–H groups in total. The molecule has 124 valence electrons. The first-order chi connectivity index (χ1) is 11.5. The normalized spacial score (nSPS) is 15.6. The smallest absolute Gasteiger partial charge is 0.243 e. The van der Waals surface area contributed by atoms with E-state index in [0.717, 1.165) is 22.2 Å². The lowest BCUT2D eigenvalue weighted by Gasteiger charge is -2.28. The Morgan fingerprint density at radius 1 is 1.29 bits per heavy atom.